The normalized spacial score (nSPS) is 11.1. The Bertz CT molecular complexity index is 1100. The van der Waals surface area contributed by atoms with Gasteiger partial charge in [-0.25, -0.2) is 9.48 Å². The average molecular weight is 444 g/mol. The number of carbonyl (C=O) groups excluding carboxylic acids is 2. The van der Waals surface area contributed by atoms with E-state index >= 15 is 0 Å². The van der Waals surface area contributed by atoms with Gasteiger partial charge in [0.1, 0.15) is 11.5 Å². The number of primary amides is 1. The summed E-state index contributed by atoms with van der Waals surface area (Å²) >= 11 is 5.90. The minimum absolute atomic E-state index is 0.0291. The van der Waals surface area contributed by atoms with E-state index in [1.807, 2.05) is 0 Å². The van der Waals surface area contributed by atoms with Crippen LogP contribution >= 0.6 is 11.6 Å². The average Bonchev–Trinajstić information content (AvgIpc) is 3.24. The van der Waals surface area contributed by atoms with Crippen LogP contribution in [0.15, 0.2) is 65.9 Å². The van der Waals surface area contributed by atoms with Gasteiger partial charge in [0.25, 0.3) is 5.91 Å². The lowest BCUT2D eigenvalue weighted by Gasteiger charge is -2.06. The Balaban J connectivity index is 1.53. The molecule has 2 aromatic carbocycles. The number of hydrogen-bond donors (Lipinski definition) is 2. The van der Waals surface area contributed by atoms with Crippen LogP contribution in [-0.2, 0) is 16.4 Å². The molecule has 0 bridgehead atoms. The summed E-state index contributed by atoms with van der Waals surface area (Å²) in [6.07, 6.45) is 1.55. The van der Waals surface area contributed by atoms with Crippen molar-refractivity contribution in [1.29, 1.82) is 0 Å². The first-order chi connectivity index (χ1) is 14.9. The first kappa shape index (κ1) is 21.7. The third kappa shape index (κ3) is 6.47. The maximum absolute atomic E-state index is 12.1. The quantitative estimate of drug-likeness (QED) is 0.222. The monoisotopic (exact) mass is 443 g/mol. The maximum Gasteiger partial charge on any atom is 0.385 e. The van der Waals surface area contributed by atoms with Crippen LogP contribution in [0.1, 0.15) is 16.1 Å². The Labute approximate surface area is 181 Å². The second kappa shape index (κ2) is 10.1. The molecule has 0 fully saturated rings. The molecule has 0 aliphatic heterocycles. The highest BCUT2D eigenvalue weighted by Crippen LogP contribution is 2.17. The smallest absolute Gasteiger partial charge is 0.385 e. The fourth-order valence-electron chi connectivity index (χ4n) is 2.31. The van der Waals surface area contributed by atoms with Gasteiger partial charge in [-0.3, -0.25) is 4.79 Å². The molecular weight excluding hydrogens is 426 g/mol. The molecule has 0 aliphatic rings. The fourth-order valence-corrected chi connectivity index (χ4v) is 2.49. The molecule has 1 aromatic heterocycles. The molecule has 0 saturated heterocycles. The number of benzene rings is 2. The number of rotatable bonds is 9. The minimum atomic E-state index is -0.786. The summed E-state index contributed by atoms with van der Waals surface area (Å²) in [5.74, 6) is -0.409. The Hall–Kier alpha value is -4.05. The van der Waals surface area contributed by atoms with Crippen molar-refractivity contribution in [1.82, 2.24) is 9.78 Å². The molecule has 1 amide bonds. The highest BCUT2D eigenvalue weighted by atomic mass is 35.5. The van der Waals surface area contributed by atoms with Crippen molar-refractivity contribution in [3.05, 3.63) is 77.1 Å². The number of amides is 1. The number of oxime groups is 1. The zero-order valence-electron chi connectivity index (χ0n) is 16.1. The molecular formula is C20H18ClN5O5. The van der Waals surface area contributed by atoms with Crippen LogP contribution < -0.4 is 20.9 Å². The summed E-state index contributed by atoms with van der Waals surface area (Å²) in [4.78, 5) is 27.7. The second-order valence-corrected chi connectivity index (χ2v) is 6.54. The lowest BCUT2D eigenvalue weighted by molar-refractivity contribution is -0.119. The molecule has 10 nitrogen and oxygen atoms in total. The molecule has 0 atom stereocenters. The van der Waals surface area contributed by atoms with Crippen LogP contribution in [0.4, 0.5) is 0 Å². The Morgan fingerprint density at radius 3 is 2.52 bits per heavy atom. The molecule has 0 radical (unpaired) electrons. The van der Waals surface area contributed by atoms with Gasteiger partial charge in [0.05, 0.1) is 0 Å². The van der Waals surface area contributed by atoms with E-state index < -0.39 is 11.9 Å². The van der Waals surface area contributed by atoms with E-state index in [-0.39, 0.29) is 24.9 Å². The summed E-state index contributed by atoms with van der Waals surface area (Å²) in [6.45, 7) is -0.166. The van der Waals surface area contributed by atoms with Gasteiger partial charge < -0.3 is 25.8 Å². The Kier molecular flexibility index (Phi) is 7.07. The van der Waals surface area contributed by atoms with Gasteiger partial charge in [-0.1, -0.05) is 22.8 Å². The summed E-state index contributed by atoms with van der Waals surface area (Å²) < 4.78 is 12.1. The standard InChI is InChI=1S/C20H18ClN5O5/c21-14-2-1-3-16(10-14)30-12-26-9-8-17(24-26)20(28)31-25-19(23)13-4-6-15(7-5-13)29-11-18(22)27/h1-10H,11-12H2,(H2,22,27)(H2,23,25). The van der Waals surface area contributed by atoms with Crippen molar-refractivity contribution >= 4 is 29.3 Å². The van der Waals surface area contributed by atoms with Crippen molar-refractivity contribution in [3.8, 4) is 11.5 Å². The molecule has 0 saturated carbocycles. The maximum atomic E-state index is 12.1. The van der Waals surface area contributed by atoms with Crippen molar-refractivity contribution in [3.63, 3.8) is 0 Å². The zero-order valence-corrected chi connectivity index (χ0v) is 16.9. The van der Waals surface area contributed by atoms with Crippen LogP contribution in [0.3, 0.4) is 0 Å². The number of aromatic nitrogens is 2. The van der Waals surface area contributed by atoms with E-state index in [0.29, 0.717) is 22.1 Å². The van der Waals surface area contributed by atoms with Gasteiger partial charge in [-0.15, -0.1) is 0 Å². The van der Waals surface area contributed by atoms with Gasteiger partial charge in [-0.2, -0.15) is 5.10 Å². The van der Waals surface area contributed by atoms with Gasteiger partial charge in [0.2, 0.25) is 0 Å². The van der Waals surface area contributed by atoms with Gasteiger partial charge in [0, 0.05) is 16.8 Å². The SMILES string of the molecule is NC(=O)COc1ccc(/C(N)=N/OC(=O)c2ccn(COc3cccc(Cl)c3)n2)cc1. The predicted octanol–water partition coefficient (Wildman–Crippen LogP) is 1.91. The lowest BCUT2D eigenvalue weighted by Crippen LogP contribution is -2.20. The van der Waals surface area contributed by atoms with E-state index in [0.717, 1.165) is 0 Å². The van der Waals surface area contributed by atoms with Crippen LogP contribution in [0.25, 0.3) is 0 Å². The summed E-state index contributed by atoms with van der Waals surface area (Å²) in [6, 6.07) is 14.7. The predicted molar refractivity (Wildman–Crippen MR) is 112 cm³/mol. The summed E-state index contributed by atoms with van der Waals surface area (Å²) in [5.41, 5.74) is 11.4. The van der Waals surface area contributed by atoms with Crippen molar-refractivity contribution in [2.45, 2.75) is 6.73 Å². The van der Waals surface area contributed by atoms with E-state index in [9.17, 15) is 9.59 Å². The zero-order chi connectivity index (χ0) is 22.2. The highest BCUT2D eigenvalue weighted by Gasteiger charge is 2.12. The van der Waals surface area contributed by atoms with Crippen LogP contribution in [0.5, 0.6) is 11.5 Å². The van der Waals surface area contributed by atoms with E-state index in [2.05, 4.69) is 10.3 Å². The molecule has 4 N–H and O–H groups in total. The fraction of sp³-hybridized carbons (Fsp3) is 0.100. The third-order valence-electron chi connectivity index (χ3n) is 3.77. The van der Waals surface area contributed by atoms with Crippen molar-refractivity contribution < 1.29 is 23.9 Å². The molecule has 31 heavy (non-hydrogen) atoms. The number of nitrogens with zero attached hydrogens (tertiary/aromatic N) is 3. The molecule has 0 unspecified atom stereocenters. The molecule has 0 spiro atoms. The minimum Gasteiger partial charge on any atom is -0.484 e. The first-order valence-corrected chi connectivity index (χ1v) is 9.26. The van der Waals surface area contributed by atoms with Crippen molar-refractivity contribution in [2.75, 3.05) is 6.61 Å². The van der Waals surface area contributed by atoms with Gasteiger partial charge in [0.15, 0.2) is 24.9 Å². The van der Waals surface area contributed by atoms with Crippen LogP contribution in [-0.4, -0.2) is 34.1 Å². The molecule has 0 aliphatic carbocycles. The largest absolute Gasteiger partial charge is 0.484 e. The number of ether oxygens (including phenoxy) is 2. The Morgan fingerprint density at radius 2 is 1.81 bits per heavy atom. The number of carbonyl (C=O) groups is 2. The molecule has 3 aromatic rings. The Morgan fingerprint density at radius 1 is 1.03 bits per heavy atom. The van der Waals surface area contributed by atoms with E-state index in [4.69, 9.17) is 37.4 Å². The number of amidine groups is 1. The number of nitrogens with two attached hydrogens (primary N) is 2. The highest BCUT2D eigenvalue weighted by molar-refractivity contribution is 6.30. The van der Waals surface area contributed by atoms with E-state index in [1.165, 1.54) is 10.7 Å². The molecule has 3 rings (SSSR count). The number of hydrogen-bond acceptors (Lipinski definition) is 7. The second-order valence-electron chi connectivity index (χ2n) is 6.11. The summed E-state index contributed by atoms with van der Waals surface area (Å²) in [5, 5.41) is 8.23. The third-order valence-corrected chi connectivity index (χ3v) is 4.00. The van der Waals surface area contributed by atoms with Gasteiger partial charge in [-0.05, 0) is 48.5 Å². The molecule has 160 valence electrons. The topological polar surface area (TPSA) is 144 Å². The summed E-state index contributed by atoms with van der Waals surface area (Å²) in [7, 11) is 0. The van der Waals surface area contributed by atoms with Crippen molar-refractivity contribution in [2.24, 2.45) is 16.6 Å². The number of halogens is 1. The van der Waals surface area contributed by atoms with Crippen LogP contribution in [0.2, 0.25) is 5.02 Å². The van der Waals surface area contributed by atoms with E-state index in [1.54, 1.807) is 54.7 Å². The van der Waals surface area contributed by atoms with Gasteiger partial charge >= 0.3 is 5.97 Å². The first-order valence-electron chi connectivity index (χ1n) is 8.89. The molecule has 1 heterocycles. The molecule has 11 heteroatoms. The lowest BCUT2D eigenvalue weighted by atomic mass is 10.2. The van der Waals surface area contributed by atoms with Crippen LogP contribution in [0, 0.1) is 0 Å².